The van der Waals surface area contributed by atoms with Gasteiger partial charge in [-0.25, -0.2) is 0 Å². The third-order valence-electron chi connectivity index (χ3n) is 5.94. The standard InChI is InChI=1S/C26H20N4O2S/c1-15-8-10-19(12-16(15)2)30-24(28-25(31)21(14-27)26(30)33)18-9-11-22-20(13-18)23(32-29-22)17-6-4-3-5-7-17/h3-13,24,33H,1-2H3,(H,28,31). The van der Waals surface area contributed by atoms with Crippen LogP contribution in [0.3, 0.4) is 0 Å². The van der Waals surface area contributed by atoms with Crippen LogP contribution in [0.2, 0.25) is 0 Å². The van der Waals surface area contributed by atoms with Gasteiger partial charge in [-0.3, -0.25) is 4.79 Å². The van der Waals surface area contributed by atoms with Gasteiger partial charge in [0.25, 0.3) is 5.91 Å². The molecule has 1 aliphatic rings. The highest BCUT2D eigenvalue weighted by molar-refractivity contribution is 7.84. The number of nitriles is 1. The van der Waals surface area contributed by atoms with E-state index in [4.69, 9.17) is 4.52 Å². The summed E-state index contributed by atoms with van der Waals surface area (Å²) in [5.41, 5.74) is 5.51. The summed E-state index contributed by atoms with van der Waals surface area (Å²) in [5, 5.41) is 17.9. The lowest BCUT2D eigenvalue weighted by molar-refractivity contribution is -0.118. The summed E-state index contributed by atoms with van der Waals surface area (Å²) in [6.07, 6.45) is -0.563. The number of thiol groups is 1. The predicted molar refractivity (Wildman–Crippen MR) is 130 cm³/mol. The number of nitrogens with zero attached hydrogens (tertiary/aromatic N) is 3. The van der Waals surface area contributed by atoms with Gasteiger partial charge in [0.2, 0.25) is 0 Å². The van der Waals surface area contributed by atoms with Gasteiger partial charge in [0.05, 0.1) is 10.4 Å². The van der Waals surface area contributed by atoms with E-state index >= 15 is 0 Å². The van der Waals surface area contributed by atoms with Crippen molar-refractivity contribution in [1.82, 2.24) is 10.5 Å². The van der Waals surface area contributed by atoms with Crippen LogP contribution in [0, 0.1) is 25.2 Å². The van der Waals surface area contributed by atoms with Gasteiger partial charge in [0.15, 0.2) is 5.76 Å². The first-order chi connectivity index (χ1) is 16.0. The van der Waals surface area contributed by atoms with E-state index < -0.39 is 12.1 Å². The summed E-state index contributed by atoms with van der Waals surface area (Å²) in [4.78, 5) is 14.6. The summed E-state index contributed by atoms with van der Waals surface area (Å²) in [5.74, 6) is 0.202. The monoisotopic (exact) mass is 452 g/mol. The van der Waals surface area contributed by atoms with E-state index in [2.05, 4.69) is 23.1 Å². The number of benzene rings is 3. The summed E-state index contributed by atoms with van der Waals surface area (Å²) in [6.45, 7) is 4.07. The van der Waals surface area contributed by atoms with Gasteiger partial charge in [-0.15, -0.1) is 12.6 Å². The Morgan fingerprint density at radius 1 is 1.06 bits per heavy atom. The van der Waals surface area contributed by atoms with Crippen molar-refractivity contribution in [3.8, 4) is 17.4 Å². The van der Waals surface area contributed by atoms with Crippen molar-refractivity contribution < 1.29 is 9.32 Å². The largest absolute Gasteiger partial charge is 0.355 e. The molecule has 0 spiro atoms. The highest BCUT2D eigenvalue weighted by atomic mass is 32.1. The normalized spacial score (nSPS) is 16.1. The van der Waals surface area contributed by atoms with Gasteiger partial charge < -0.3 is 14.7 Å². The van der Waals surface area contributed by atoms with E-state index in [1.165, 1.54) is 0 Å². The van der Waals surface area contributed by atoms with Crippen LogP contribution in [0.25, 0.3) is 22.2 Å². The molecule has 2 heterocycles. The minimum atomic E-state index is -0.563. The molecule has 0 aliphatic carbocycles. The maximum atomic E-state index is 12.7. The second kappa shape index (κ2) is 8.15. The number of aromatic nitrogens is 1. The van der Waals surface area contributed by atoms with Crippen LogP contribution in [0.1, 0.15) is 22.9 Å². The predicted octanol–water partition coefficient (Wildman–Crippen LogP) is 5.41. The van der Waals surface area contributed by atoms with Gasteiger partial charge >= 0.3 is 0 Å². The van der Waals surface area contributed by atoms with Gasteiger partial charge in [0, 0.05) is 11.3 Å². The fourth-order valence-corrected chi connectivity index (χ4v) is 4.39. The molecule has 0 bridgehead atoms. The van der Waals surface area contributed by atoms with E-state index in [0.29, 0.717) is 10.8 Å². The number of rotatable bonds is 3. The average Bonchev–Trinajstić information content (AvgIpc) is 3.25. The number of nitrogens with one attached hydrogen (secondary N) is 1. The first kappa shape index (κ1) is 20.9. The molecule has 4 aromatic rings. The zero-order valence-electron chi connectivity index (χ0n) is 18.0. The molecular formula is C26H20N4O2S. The zero-order chi connectivity index (χ0) is 23.1. The molecule has 1 amide bonds. The summed E-state index contributed by atoms with van der Waals surface area (Å²) >= 11 is 4.60. The molecule has 0 radical (unpaired) electrons. The van der Waals surface area contributed by atoms with Gasteiger partial charge in [0.1, 0.15) is 23.3 Å². The third kappa shape index (κ3) is 3.55. The maximum absolute atomic E-state index is 12.7. The topological polar surface area (TPSA) is 82.2 Å². The van der Waals surface area contributed by atoms with Crippen LogP contribution in [0.15, 0.2) is 81.9 Å². The second-order valence-electron chi connectivity index (χ2n) is 7.98. The second-order valence-corrected chi connectivity index (χ2v) is 8.40. The number of carbonyl (C=O) groups excluding carboxylic acids is 1. The fraction of sp³-hybridized carbons (Fsp3) is 0.115. The molecule has 0 saturated carbocycles. The van der Waals surface area contributed by atoms with E-state index in [1.807, 2.05) is 91.5 Å². The van der Waals surface area contributed by atoms with E-state index in [-0.39, 0.29) is 5.57 Å². The number of aryl methyl sites for hydroxylation is 2. The lowest BCUT2D eigenvalue weighted by Crippen LogP contribution is -2.46. The van der Waals surface area contributed by atoms with E-state index in [1.54, 1.807) is 0 Å². The lowest BCUT2D eigenvalue weighted by atomic mass is 10.0. The van der Waals surface area contributed by atoms with E-state index in [0.717, 1.165) is 38.8 Å². The number of anilines is 1. The quantitative estimate of drug-likeness (QED) is 0.406. The number of hydrogen-bond donors (Lipinski definition) is 2. The third-order valence-corrected chi connectivity index (χ3v) is 6.38. The van der Waals surface area contributed by atoms with Crippen molar-refractivity contribution >= 4 is 35.1 Å². The Labute approximate surface area is 196 Å². The van der Waals surface area contributed by atoms with Crippen LogP contribution in [-0.2, 0) is 4.79 Å². The van der Waals surface area contributed by atoms with E-state index in [9.17, 15) is 10.1 Å². The Morgan fingerprint density at radius 2 is 1.85 bits per heavy atom. The van der Waals surface area contributed by atoms with Gasteiger partial charge in [-0.1, -0.05) is 47.6 Å². The average molecular weight is 453 g/mol. The molecule has 1 N–H and O–H groups in total. The van der Waals surface area contributed by atoms with Crippen LogP contribution in [0.4, 0.5) is 5.69 Å². The molecule has 3 aromatic carbocycles. The molecule has 5 rings (SSSR count). The first-order valence-electron chi connectivity index (χ1n) is 10.4. The van der Waals surface area contributed by atoms with Crippen LogP contribution >= 0.6 is 12.6 Å². The zero-order valence-corrected chi connectivity index (χ0v) is 18.9. The number of carbonyl (C=O) groups is 1. The van der Waals surface area contributed by atoms with Gasteiger partial charge in [-0.05, 0) is 54.8 Å². The number of fused-ring (bicyclic) bond motifs is 1. The minimum Gasteiger partial charge on any atom is -0.355 e. The van der Waals surface area contributed by atoms with Crippen molar-refractivity contribution in [3.05, 3.63) is 94.0 Å². The molecular weight excluding hydrogens is 432 g/mol. The summed E-state index contributed by atoms with van der Waals surface area (Å²) in [7, 11) is 0. The smallest absolute Gasteiger partial charge is 0.266 e. The Morgan fingerprint density at radius 3 is 2.58 bits per heavy atom. The molecule has 7 heteroatoms. The Kier molecular flexibility index (Phi) is 5.15. The molecule has 1 unspecified atom stereocenters. The van der Waals surface area contributed by atoms with Crippen molar-refractivity contribution in [2.45, 2.75) is 20.0 Å². The number of amides is 1. The molecule has 162 valence electrons. The maximum Gasteiger partial charge on any atom is 0.266 e. The van der Waals surface area contributed by atoms with Crippen molar-refractivity contribution in [2.75, 3.05) is 4.90 Å². The first-order valence-corrected chi connectivity index (χ1v) is 10.9. The molecule has 0 fully saturated rings. The molecule has 0 saturated heterocycles. The fourth-order valence-electron chi connectivity index (χ4n) is 4.01. The van der Waals surface area contributed by atoms with Crippen LogP contribution < -0.4 is 10.2 Å². The van der Waals surface area contributed by atoms with Crippen molar-refractivity contribution in [2.24, 2.45) is 0 Å². The van der Waals surface area contributed by atoms with Crippen molar-refractivity contribution in [1.29, 1.82) is 5.26 Å². The summed E-state index contributed by atoms with van der Waals surface area (Å²) in [6, 6.07) is 23.5. The Bertz CT molecular complexity index is 1470. The van der Waals surface area contributed by atoms with Crippen LogP contribution in [-0.4, -0.2) is 11.1 Å². The van der Waals surface area contributed by atoms with Crippen LogP contribution in [0.5, 0.6) is 0 Å². The van der Waals surface area contributed by atoms with Crippen molar-refractivity contribution in [3.63, 3.8) is 0 Å². The highest BCUT2D eigenvalue weighted by Crippen LogP contribution is 2.38. The SMILES string of the molecule is Cc1ccc(N2C(S)=C(C#N)C(=O)NC2c2ccc3noc(-c4ccccc4)c3c2)cc1C. The summed E-state index contributed by atoms with van der Waals surface area (Å²) < 4.78 is 5.64. The number of hydrogen-bond acceptors (Lipinski definition) is 6. The minimum absolute atomic E-state index is 0.0242. The van der Waals surface area contributed by atoms with Gasteiger partial charge in [-0.2, -0.15) is 5.26 Å². The molecule has 6 nitrogen and oxygen atoms in total. The lowest BCUT2D eigenvalue weighted by Gasteiger charge is -2.38. The molecule has 1 aliphatic heterocycles. The molecule has 1 atom stereocenters. The molecule has 1 aromatic heterocycles. The Balaban J connectivity index is 1.67. The Hall–Kier alpha value is -4.02. The molecule has 33 heavy (non-hydrogen) atoms. The highest BCUT2D eigenvalue weighted by Gasteiger charge is 2.34.